The second-order valence-electron chi connectivity index (χ2n) is 6.98. The lowest BCUT2D eigenvalue weighted by Crippen LogP contribution is -2.48. The summed E-state index contributed by atoms with van der Waals surface area (Å²) in [5.74, 6) is 0.341. The Bertz CT molecular complexity index is 791. The zero-order chi connectivity index (χ0) is 19.9. The number of hydrogen-bond acceptors (Lipinski definition) is 5. The van der Waals surface area contributed by atoms with Crippen molar-refractivity contribution in [3.63, 3.8) is 0 Å². The molecule has 0 radical (unpaired) electrons. The smallest absolute Gasteiger partial charge is 0.225 e. The summed E-state index contributed by atoms with van der Waals surface area (Å²) in [5.41, 5.74) is 1.53. The van der Waals surface area contributed by atoms with Gasteiger partial charge in [0.05, 0.1) is 25.6 Å². The number of methoxy groups -OCH3 is 1. The van der Waals surface area contributed by atoms with Crippen LogP contribution in [0, 0.1) is 5.92 Å². The van der Waals surface area contributed by atoms with Crippen molar-refractivity contribution in [3.8, 4) is 5.75 Å². The van der Waals surface area contributed by atoms with Gasteiger partial charge in [-0.05, 0) is 18.9 Å². The Labute approximate surface area is 165 Å². The third-order valence-electron chi connectivity index (χ3n) is 5.19. The highest BCUT2D eigenvalue weighted by Gasteiger charge is 2.41. The lowest BCUT2D eigenvalue weighted by atomic mass is 9.83. The Kier molecular flexibility index (Phi) is 6.68. The van der Waals surface area contributed by atoms with Crippen molar-refractivity contribution in [1.29, 1.82) is 0 Å². The molecule has 0 spiro atoms. The molecule has 1 aromatic carbocycles. The number of aromatic nitrogens is 1. The molecule has 150 valence electrons. The first-order valence-electron chi connectivity index (χ1n) is 9.75. The summed E-state index contributed by atoms with van der Waals surface area (Å²) in [5, 5.41) is 6.77. The normalized spacial score (nSPS) is 19.5. The van der Waals surface area contributed by atoms with E-state index in [2.05, 4.69) is 17.4 Å². The molecule has 1 N–H and O–H groups in total. The summed E-state index contributed by atoms with van der Waals surface area (Å²) in [6.45, 7) is 3.02. The predicted molar refractivity (Wildman–Crippen MR) is 103 cm³/mol. The molecule has 28 heavy (non-hydrogen) atoms. The van der Waals surface area contributed by atoms with Gasteiger partial charge in [0.15, 0.2) is 0 Å². The Balaban J connectivity index is 1.89. The van der Waals surface area contributed by atoms with E-state index in [-0.39, 0.29) is 23.8 Å². The van der Waals surface area contributed by atoms with E-state index in [0.29, 0.717) is 37.4 Å². The van der Waals surface area contributed by atoms with Crippen LogP contribution in [0.2, 0.25) is 0 Å². The first-order chi connectivity index (χ1) is 13.7. The van der Waals surface area contributed by atoms with Crippen LogP contribution in [-0.2, 0) is 16.1 Å². The first kappa shape index (κ1) is 19.9. The summed E-state index contributed by atoms with van der Waals surface area (Å²) in [7, 11) is 1.61. The molecule has 0 saturated carbocycles. The fourth-order valence-corrected chi connectivity index (χ4v) is 3.75. The number of hydrogen-bond donors (Lipinski definition) is 1. The van der Waals surface area contributed by atoms with Gasteiger partial charge in [-0.1, -0.05) is 36.7 Å². The second-order valence-corrected chi connectivity index (χ2v) is 6.98. The van der Waals surface area contributed by atoms with Crippen molar-refractivity contribution in [3.05, 3.63) is 47.9 Å². The number of carbonyl (C=O) groups excluding carboxylic acids is 2. The topological polar surface area (TPSA) is 84.7 Å². The Hall–Kier alpha value is -2.83. The van der Waals surface area contributed by atoms with Gasteiger partial charge in [-0.2, -0.15) is 0 Å². The Morgan fingerprint density at radius 2 is 2.18 bits per heavy atom. The van der Waals surface area contributed by atoms with E-state index in [1.807, 2.05) is 29.2 Å². The van der Waals surface area contributed by atoms with Crippen LogP contribution >= 0.6 is 0 Å². The maximum Gasteiger partial charge on any atom is 0.225 e. The van der Waals surface area contributed by atoms with Gasteiger partial charge in [0.25, 0.3) is 0 Å². The van der Waals surface area contributed by atoms with Gasteiger partial charge < -0.3 is 19.5 Å². The minimum Gasteiger partial charge on any atom is -0.496 e. The summed E-state index contributed by atoms with van der Waals surface area (Å²) >= 11 is 0. The second kappa shape index (κ2) is 9.39. The number of nitrogens with one attached hydrogen (secondary N) is 1. The molecule has 2 amide bonds. The zero-order valence-electron chi connectivity index (χ0n) is 16.4. The maximum absolute atomic E-state index is 13.1. The summed E-state index contributed by atoms with van der Waals surface area (Å²) in [6, 6.07) is 9.00. The highest BCUT2D eigenvalue weighted by molar-refractivity contribution is 5.85. The number of carbonyl (C=O) groups is 2. The quantitative estimate of drug-likeness (QED) is 0.755. The zero-order valence-corrected chi connectivity index (χ0v) is 16.4. The number of amides is 2. The Morgan fingerprint density at radius 3 is 2.89 bits per heavy atom. The number of nitrogens with zero attached hydrogens (tertiary/aromatic N) is 2. The first-order valence-corrected chi connectivity index (χ1v) is 9.75. The van der Waals surface area contributed by atoms with Crippen molar-refractivity contribution in [2.24, 2.45) is 5.92 Å². The molecule has 1 aromatic heterocycles. The molecule has 2 atom stereocenters. The van der Waals surface area contributed by atoms with Gasteiger partial charge in [0.2, 0.25) is 11.8 Å². The maximum atomic E-state index is 13.1. The summed E-state index contributed by atoms with van der Waals surface area (Å²) < 4.78 is 10.4. The molecular weight excluding hydrogens is 358 g/mol. The summed E-state index contributed by atoms with van der Waals surface area (Å²) in [4.78, 5) is 27.6. The van der Waals surface area contributed by atoms with Gasteiger partial charge in [-0.3, -0.25) is 9.59 Å². The lowest BCUT2D eigenvalue weighted by molar-refractivity contribution is -0.143. The molecule has 0 bridgehead atoms. The van der Waals surface area contributed by atoms with Crippen molar-refractivity contribution in [1.82, 2.24) is 15.4 Å². The van der Waals surface area contributed by atoms with Crippen LogP contribution < -0.4 is 10.1 Å². The van der Waals surface area contributed by atoms with Crippen molar-refractivity contribution in [2.45, 2.75) is 45.2 Å². The van der Waals surface area contributed by atoms with Crippen LogP contribution in [0.25, 0.3) is 0 Å². The van der Waals surface area contributed by atoms with Crippen LogP contribution in [0.1, 0.15) is 49.9 Å². The minimum atomic E-state index is -0.349. The number of likely N-dealkylation sites (tertiary alicyclic amines) is 1. The standard InChI is InChI=1S/C21H27N3O4/c1-3-4-12-24-19(25)10-9-17(21(26)22-14-15-11-13-28-23-15)20(24)16-7-5-6-8-18(16)27-2/h5-8,11,13,17,20H,3-4,9-10,12,14H2,1-2H3,(H,22,26)/t17-,20-/m1/s1. The molecule has 1 aliphatic heterocycles. The van der Waals surface area contributed by atoms with Crippen molar-refractivity contribution >= 4 is 11.8 Å². The molecule has 1 aliphatic rings. The van der Waals surface area contributed by atoms with E-state index in [9.17, 15) is 9.59 Å². The highest BCUT2D eigenvalue weighted by atomic mass is 16.5. The van der Waals surface area contributed by atoms with E-state index in [0.717, 1.165) is 18.4 Å². The average molecular weight is 385 g/mol. The van der Waals surface area contributed by atoms with Gasteiger partial charge >= 0.3 is 0 Å². The van der Waals surface area contributed by atoms with Gasteiger partial charge in [0, 0.05) is 24.6 Å². The van der Waals surface area contributed by atoms with E-state index in [4.69, 9.17) is 9.26 Å². The SMILES string of the molecule is CCCCN1C(=O)CC[C@@H](C(=O)NCc2ccon2)[C@H]1c1ccccc1OC. The molecule has 7 heteroatoms. The third-order valence-corrected chi connectivity index (χ3v) is 5.19. The molecule has 0 unspecified atom stereocenters. The van der Waals surface area contributed by atoms with E-state index in [1.54, 1.807) is 13.2 Å². The molecule has 2 heterocycles. The molecule has 1 fully saturated rings. The largest absolute Gasteiger partial charge is 0.496 e. The highest BCUT2D eigenvalue weighted by Crippen LogP contribution is 2.40. The lowest BCUT2D eigenvalue weighted by Gasteiger charge is -2.41. The van der Waals surface area contributed by atoms with Crippen LogP contribution in [-0.4, -0.2) is 35.5 Å². The van der Waals surface area contributed by atoms with Gasteiger partial charge in [0.1, 0.15) is 17.7 Å². The van der Waals surface area contributed by atoms with Gasteiger partial charge in [-0.25, -0.2) is 0 Å². The fourth-order valence-electron chi connectivity index (χ4n) is 3.75. The molecule has 3 rings (SSSR count). The van der Waals surface area contributed by atoms with Crippen LogP contribution in [0.4, 0.5) is 0 Å². The van der Waals surface area contributed by atoms with Crippen molar-refractivity contribution in [2.75, 3.05) is 13.7 Å². The van der Waals surface area contributed by atoms with Gasteiger partial charge in [-0.15, -0.1) is 0 Å². The number of para-hydroxylation sites is 1. The Morgan fingerprint density at radius 1 is 1.36 bits per heavy atom. The minimum absolute atomic E-state index is 0.0879. The third kappa shape index (κ3) is 4.35. The van der Waals surface area contributed by atoms with Crippen LogP contribution in [0.3, 0.4) is 0 Å². The van der Waals surface area contributed by atoms with E-state index >= 15 is 0 Å². The van der Waals surface area contributed by atoms with E-state index < -0.39 is 0 Å². The number of ether oxygens (including phenoxy) is 1. The number of unbranched alkanes of at least 4 members (excludes halogenated alkanes) is 1. The molecule has 2 aromatic rings. The predicted octanol–water partition coefficient (Wildman–Crippen LogP) is 3.08. The monoisotopic (exact) mass is 385 g/mol. The fraction of sp³-hybridized carbons (Fsp3) is 0.476. The number of benzene rings is 1. The molecule has 7 nitrogen and oxygen atoms in total. The molecular formula is C21H27N3O4. The number of rotatable bonds is 8. The number of piperidine rings is 1. The van der Waals surface area contributed by atoms with Crippen LogP contribution in [0.15, 0.2) is 41.1 Å². The van der Waals surface area contributed by atoms with E-state index in [1.165, 1.54) is 6.26 Å². The molecule has 1 saturated heterocycles. The van der Waals surface area contributed by atoms with Crippen LogP contribution in [0.5, 0.6) is 5.75 Å². The molecule has 0 aliphatic carbocycles. The average Bonchev–Trinajstić information content (AvgIpc) is 3.24. The summed E-state index contributed by atoms with van der Waals surface area (Å²) in [6.07, 6.45) is 4.23. The van der Waals surface area contributed by atoms with Crippen molar-refractivity contribution < 1.29 is 18.8 Å².